The first-order valence-electron chi connectivity index (χ1n) is 6.22. The Hall–Kier alpha value is -1.14. The molecule has 102 valence electrons. The Morgan fingerprint density at radius 1 is 1.50 bits per heavy atom. The average molecular weight is 270 g/mol. The fourth-order valence-electron chi connectivity index (χ4n) is 1.48. The third-order valence-electron chi connectivity index (χ3n) is 2.55. The minimum atomic E-state index is 0.652. The Morgan fingerprint density at radius 3 is 2.89 bits per heavy atom. The van der Waals surface area contributed by atoms with Crippen molar-refractivity contribution in [1.82, 2.24) is 20.4 Å². The number of ether oxygens (including phenoxy) is 1. The van der Waals surface area contributed by atoms with Crippen molar-refractivity contribution in [2.75, 3.05) is 19.8 Å². The highest BCUT2D eigenvalue weighted by Gasteiger charge is 2.01. The van der Waals surface area contributed by atoms with Gasteiger partial charge in [0.25, 0.3) is 0 Å². The molecule has 18 heavy (non-hydrogen) atoms. The van der Waals surface area contributed by atoms with E-state index in [0.29, 0.717) is 11.7 Å². The number of nitrogens with one attached hydrogen (secondary N) is 2. The van der Waals surface area contributed by atoms with E-state index in [2.05, 4.69) is 15.7 Å². The fourth-order valence-corrected chi connectivity index (χ4v) is 1.65. The van der Waals surface area contributed by atoms with Gasteiger partial charge in [0.15, 0.2) is 5.11 Å². The van der Waals surface area contributed by atoms with Crippen LogP contribution in [0, 0.1) is 6.92 Å². The maximum Gasteiger partial charge on any atom is 0.166 e. The molecule has 5 nitrogen and oxygen atoms in total. The van der Waals surface area contributed by atoms with E-state index in [4.69, 9.17) is 17.0 Å². The summed E-state index contributed by atoms with van der Waals surface area (Å²) in [4.78, 5) is 0. The average Bonchev–Trinajstić information content (AvgIpc) is 2.66. The maximum absolute atomic E-state index is 5.24. The number of nitrogens with zero attached hydrogens (tertiary/aromatic N) is 2. The second-order valence-corrected chi connectivity index (χ2v) is 4.47. The third-order valence-corrected chi connectivity index (χ3v) is 2.84. The summed E-state index contributed by atoms with van der Waals surface area (Å²) >= 11 is 5.17. The summed E-state index contributed by atoms with van der Waals surface area (Å²) in [6.45, 7) is 7.04. The molecule has 0 aliphatic heterocycles. The third kappa shape index (κ3) is 5.46. The summed E-state index contributed by atoms with van der Waals surface area (Å²) < 4.78 is 7.10. The molecule has 1 aromatic heterocycles. The summed E-state index contributed by atoms with van der Waals surface area (Å²) in [6, 6.07) is 2.05. The second-order valence-electron chi connectivity index (χ2n) is 4.06. The lowest BCUT2D eigenvalue weighted by molar-refractivity contribution is 0.145. The Balaban J connectivity index is 2.13. The van der Waals surface area contributed by atoms with Crippen molar-refractivity contribution in [2.24, 2.45) is 7.05 Å². The highest BCUT2D eigenvalue weighted by Crippen LogP contribution is 2.00. The standard InChI is InChI=1S/C12H22N4OS/c1-4-17-7-5-6-13-12(18)14-9-11-8-10(2)16(3)15-11/h8H,4-7,9H2,1-3H3,(H2,13,14,18). The van der Waals surface area contributed by atoms with Crippen LogP contribution in [0.1, 0.15) is 24.7 Å². The summed E-state index contributed by atoms with van der Waals surface area (Å²) in [6.07, 6.45) is 0.957. The van der Waals surface area contributed by atoms with Crippen LogP contribution in [0.25, 0.3) is 0 Å². The summed E-state index contributed by atoms with van der Waals surface area (Å²) in [5.41, 5.74) is 2.14. The summed E-state index contributed by atoms with van der Waals surface area (Å²) in [7, 11) is 1.93. The van der Waals surface area contributed by atoms with E-state index in [-0.39, 0.29) is 0 Å². The maximum atomic E-state index is 5.24. The van der Waals surface area contributed by atoms with Crippen molar-refractivity contribution in [3.05, 3.63) is 17.5 Å². The van der Waals surface area contributed by atoms with E-state index in [1.807, 2.05) is 31.6 Å². The Morgan fingerprint density at radius 2 is 2.28 bits per heavy atom. The van der Waals surface area contributed by atoms with Crippen molar-refractivity contribution >= 4 is 17.3 Å². The van der Waals surface area contributed by atoms with Crippen LogP contribution < -0.4 is 10.6 Å². The van der Waals surface area contributed by atoms with Gasteiger partial charge in [-0.25, -0.2) is 0 Å². The molecule has 2 N–H and O–H groups in total. The molecule has 0 atom stereocenters. The molecule has 0 aliphatic carbocycles. The first-order chi connectivity index (χ1) is 8.63. The number of rotatable bonds is 7. The number of hydrogen-bond acceptors (Lipinski definition) is 3. The largest absolute Gasteiger partial charge is 0.382 e. The molecule has 1 heterocycles. The molecule has 0 aromatic carbocycles. The minimum Gasteiger partial charge on any atom is -0.382 e. The smallest absolute Gasteiger partial charge is 0.166 e. The molecule has 0 saturated carbocycles. The van der Waals surface area contributed by atoms with Gasteiger partial charge in [0.2, 0.25) is 0 Å². The van der Waals surface area contributed by atoms with Crippen molar-refractivity contribution in [3.63, 3.8) is 0 Å². The van der Waals surface area contributed by atoms with Gasteiger partial charge in [-0.15, -0.1) is 0 Å². The van der Waals surface area contributed by atoms with Gasteiger partial charge < -0.3 is 15.4 Å². The molecule has 1 aromatic rings. The van der Waals surface area contributed by atoms with Crippen LogP contribution in [0.4, 0.5) is 0 Å². The highest BCUT2D eigenvalue weighted by atomic mass is 32.1. The van der Waals surface area contributed by atoms with Gasteiger partial charge in [0.05, 0.1) is 12.2 Å². The van der Waals surface area contributed by atoms with Gasteiger partial charge in [-0.05, 0) is 38.6 Å². The Kier molecular flexibility index (Phi) is 6.67. The number of hydrogen-bond donors (Lipinski definition) is 2. The van der Waals surface area contributed by atoms with E-state index in [9.17, 15) is 0 Å². The lowest BCUT2D eigenvalue weighted by atomic mass is 10.4. The zero-order chi connectivity index (χ0) is 13.4. The summed E-state index contributed by atoms with van der Waals surface area (Å²) in [5, 5.41) is 11.3. The van der Waals surface area contributed by atoms with Gasteiger partial charge in [0.1, 0.15) is 0 Å². The first-order valence-corrected chi connectivity index (χ1v) is 6.63. The molecule has 0 fully saturated rings. The van der Waals surface area contributed by atoms with E-state index in [1.165, 1.54) is 0 Å². The van der Waals surface area contributed by atoms with Crippen LogP contribution in [0.5, 0.6) is 0 Å². The molecular weight excluding hydrogens is 248 g/mol. The summed E-state index contributed by atoms with van der Waals surface area (Å²) in [5.74, 6) is 0. The van der Waals surface area contributed by atoms with E-state index in [0.717, 1.165) is 37.6 Å². The van der Waals surface area contributed by atoms with Crippen LogP contribution >= 0.6 is 12.2 Å². The van der Waals surface area contributed by atoms with Gasteiger partial charge in [0, 0.05) is 32.5 Å². The number of aromatic nitrogens is 2. The molecular formula is C12H22N4OS. The minimum absolute atomic E-state index is 0.652. The van der Waals surface area contributed by atoms with Crippen molar-refractivity contribution < 1.29 is 4.74 Å². The molecule has 0 amide bonds. The normalized spacial score (nSPS) is 10.4. The Bertz CT molecular complexity index is 359. The molecule has 6 heteroatoms. The predicted molar refractivity (Wildman–Crippen MR) is 76.5 cm³/mol. The van der Waals surface area contributed by atoms with Crippen LogP contribution in [-0.2, 0) is 18.3 Å². The van der Waals surface area contributed by atoms with Crippen molar-refractivity contribution in [1.29, 1.82) is 0 Å². The topological polar surface area (TPSA) is 51.1 Å². The quantitative estimate of drug-likeness (QED) is 0.574. The van der Waals surface area contributed by atoms with Crippen molar-refractivity contribution in [3.8, 4) is 0 Å². The highest BCUT2D eigenvalue weighted by molar-refractivity contribution is 7.80. The van der Waals surface area contributed by atoms with Crippen LogP contribution in [0.2, 0.25) is 0 Å². The van der Waals surface area contributed by atoms with Crippen LogP contribution in [0.15, 0.2) is 6.07 Å². The molecule has 0 aliphatic rings. The number of thiocarbonyl (C=S) groups is 1. The van der Waals surface area contributed by atoms with Gasteiger partial charge in [-0.3, -0.25) is 4.68 Å². The van der Waals surface area contributed by atoms with E-state index in [1.54, 1.807) is 0 Å². The van der Waals surface area contributed by atoms with Gasteiger partial charge >= 0.3 is 0 Å². The SMILES string of the molecule is CCOCCCNC(=S)NCc1cc(C)n(C)n1. The van der Waals surface area contributed by atoms with E-state index >= 15 is 0 Å². The molecule has 1 rings (SSSR count). The first kappa shape index (κ1) is 14.9. The van der Waals surface area contributed by atoms with Crippen molar-refractivity contribution in [2.45, 2.75) is 26.8 Å². The molecule has 0 spiro atoms. The monoisotopic (exact) mass is 270 g/mol. The second kappa shape index (κ2) is 8.05. The Labute approximate surface area is 114 Å². The zero-order valence-corrected chi connectivity index (χ0v) is 12.1. The molecule has 0 bridgehead atoms. The predicted octanol–water partition coefficient (Wildman–Crippen LogP) is 1.12. The fraction of sp³-hybridized carbons (Fsp3) is 0.667. The van der Waals surface area contributed by atoms with Gasteiger partial charge in [-0.2, -0.15) is 5.10 Å². The van der Waals surface area contributed by atoms with E-state index < -0.39 is 0 Å². The number of aryl methyl sites for hydroxylation is 2. The molecule has 0 saturated heterocycles. The van der Waals surface area contributed by atoms with Crippen LogP contribution in [-0.4, -0.2) is 34.7 Å². The molecule has 0 unspecified atom stereocenters. The van der Waals surface area contributed by atoms with Crippen LogP contribution in [0.3, 0.4) is 0 Å². The lowest BCUT2D eigenvalue weighted by Gasteiger charge is -2.09. The molecule has 0 radical (unpaired) electrons. The zero-order valence-electron chi connectivity index (χ0n) is 11.3. The lowest BCUT2D eigenvalue weighted by Crippen LogP contribution is -2.35. The van der Waals surface area contributed by atoms with Gasteiger partial charge in [-0.1, -0.05) is 0 Å².